The standard InChI is InChI=1S/C29H23NS.C27H21N3.C27H23N3.2C26H20N2/c1-29(2)24-13-7-6-12-23(24)27-25(29)16-15-21-17-18-30(28(21)27)22-11-5-3-9-20-10-4-8-14-26(20)31-19-22;1-27(2)22-11-7-6-10-21(22)24-23(27)13-12-18-14-15-30(25(18)24)20-16-28-26(29-17-20)19-8-4-3-5-9-19;1-27(2)22-11-5-4-10-21(22)25-23(27)14-13-20-15-17-30(26(20)25)24(28)12-6-3-8-19-9-7-16-29-18-19;1-26(2)20-9-5-4-8-19(20)24-21(26)13-11-18-15-16-28(25(18)24)23-14-12-17-7-3-6-10-22(17)27-23;1-26(2)21-10-6-5-9-20(21)24-22(26)12-11-17-13-14-28(25(17)24)23-16-27-15-18-7-3-4-8-19(18)23/h3-19H,1-2H3;3-17H,1-2H3;3-18,28H,1-2H3;2*3-16H,1-2H3/b;;8-3+,12-6-,28-24?;;. The Morgan fingerprint density at radius 2 is 0.694 bits per heavy atom. The van der Waals surface area contributed by atoms with E-state index < -0.39 is 0 Å². The average molecular weight is 1920 g/mol. The number of aromatic nitrogens is 10. The summed E-state index contributed by atoms with van der Waals surface area (Å²) >= 11 is 1.78. The Morgan fingerprint density at radius 1 is 0.293 bits per heavy atom. The zero-order chi connectivity index (χ0) is 99.8. The molecule has 5 aliphatic carbocycles. The fourth-order valence-electron chi connectivity index (χ4n) is 24.0. The van der Waals surface area contributed by atoms with Crippen molar-refractivity contribution in [2.75, 3.05) is 0 Å². The summed E-state index contributed by atoms with van der Waals surface area (Å²) in [5.41, 5.74) is 39.6. The Labute approximate surface area is 859 Å². The minimum Gasteiger partial charge on any atom is -0.315 e. The van der Waals surface area contributed by atoms with Crippen LogP contribution >= 0.6 is 11.3 Å². The minimum atomic E-state index is -0.0420. The molecule has 0 amide bonds. The van der Waals surface area contributed by atoms with Crippen LogP contribution < -0.4 is 0 Å². The van der Waals surface area contributed by atoms with Gasteiger partial charge in [0.15, 0.2) is 5.82 Å². The summed E-state index contributed by atoms with van der Waals surface area (Å²) in [6.07, 6.45) is 29.7. The molecule has 10 heterocycles. The molecule has 14 aromatic carbocycles. The highest BCUT2D eigenvalue weighted by Crippen LogP contribution is 2.58. The summed E-state index contributed by atoms with van der Waals surface area (Å²) in [5, 5.41) is 21.9. The van der Waals surface area contributed by atoms with E-state index in [2.05, 4.69) is 453 Å². The molecule has 0 saturated heterocycles. The van der Waals surface area contributed by atoms with Crippen LogP contribution in [0.15, 0.2) is 456 Å². The lowest BCUT2D eigenvalue weighted by molar-refractivity contribution is 0.660. The molecule has 0 spiro atoms. The van der Waals surface area contributed by atoms with Crippen molar-refractivity contribution in [3.8, 4) is 89.9 Å². The van der Waals surface area contributed by atoms with E-state index in [1.165, 1.54) is 181 Å². The van der Waals surface area contributed by atoms with E-state index in [0.29, 0.717) is 5.84 Å². The highest BCUT2D eigenvalue weighted by molar-refractivity contribution is 7.16. The fraction of sp³-hybridized carbons (Fsp3) is 0.111. The minimum absolute atomic E-state index is 0.00598. The van der Waals surface area contributed by atoms with Gasteiger partial charge in [-0.05, 0) is 167 Å². The van der Waals surface area contributed by atoms with Crippen molar-refractivity contribution in [1.29, 1.82) is 5.41 Å². The zero-order valence-corrected chi connectivity index (χ0v) is 84.6. The van der Waals surface area contributed by atoms with Crippen LogP contribution in [0.1, 0.15) is 130 Å². The number of para-hydroxylation sites is 1. The lowest BCUT2D eigenvalue weighted by Crippen LogP contribution is -2.15. The number of benzene rings is 14. The molecule has 708 valence electrons. The van der Waals surface area contributed by atoms with Gasteiger partial charge in [0.25, 0.3) is 0 Å². The Balaban J connectivity index is 0.0000000957. The lowest BCUT2D eigenvalue weighted by Gasteiger charge is -2.21. The number of hydrogen-bond donors (Lipinski definition) is 1. The number of pyridine rings is 3. The molecule has 5 aliphatic rings. The Kier molecular flexibility index (Phi) is 22.1. The summed E-state index contributed by atoms with van der Waals surface area (Å²) in [6, 6.07) is 130. The highest BCUT2D eigenvalue weighted by Gasteiger charge is 2.43. The van der Waals surface area contributed by atoms with Crippen LogP contribution in [0, 0.1) is 5.41 Å². The fourth-order valence-corrected chi connectivity index (χ4v) is 24.8. The molecule has 11 nitrogen and oxygen atoms in total. The first-order valence-electron chi connectivity index (χ1n) is 50.6. The smallest absolute Gasteiger partial charge is 0.159 e. The van der Waals surface area contributed by atoms with Gasteiger partial charge in [0.05, 0.1) is 68.8 Å². The van der Waals surface area contributed by atoms with Crippen molar-refractivity contribution >= 4 is 110 Å². The van der Waals surface area contributed by atoms with Crippen molar-refractivity contribution in [3.05, 3.63) is 517 Å². The molecule has 0 atom stereocenters. The Morgan fingerprint density at radius 3 is 1.20 bits per heavy atom. The molecule has 0 unspecified atom stereocenters. The van der Waals surface area contributed by atoms with Crippen molar-refractivity contribution in [2.24, 2.45) is 0 Å². The second kappa shape index (κ2) is 35.8. The SMILES string of the molecule is CC1(C)c2ccccc2-c2c1ccc1ccn(-c3ccc4ccccc4n3)c21.CC1(C)c2ccccc2-c2c1ccc1ccn(-c3ccccc4ccccc4sc3)c21.CC1(C)c2ccccc2-c2c1ccc1ccn(-c3cnc(-c4ccccc4)nc3)c21.CC1(C)c2ccccc2-c2c1ccc1ccn(-c3cncc4ccccc34)c21.CC1(C)c2ccccc2-c2c1ccc1ccn(C(=N)/C=C\C=C\c3cccnc3)c21. The maximum absolute atomic E-state index is 8.69. The van der Waals surface area contributed by atoms with E-state index in [9.17, 15) is 0 Å². The van der Waals surface area contributed by atoms with Gasteiger partial charge >= 0.3 is 0 Å². The molecule has 147 heavy (non-hydrogen) atoms. The predicted molar refractivity (Wildman–Crippen MR) is 613 cm³/mol. The predicted octanol–water partition coefficient (Wildman–Crippen LogP) is 34.1. The van der Waals surface area contributed by atoms with E-state index in [1.807, 2.05) is 115 Å². The van der Waals surface area contributed by atoms with Gasteiger partial charge in [-0.25, -0.2) is 15.0 Å². The number of nitrogens with zero attached hydrogens (tertiary/aromatic N) is 10. The second-order valence-electron chi connectivity index (χ2n) is 41.6. The first-order valence-corrected chi connectivity index (χ1v) is 51.5. The average Bonchev–Trinajstić information content (AvgIpc) is 1.57. The van der Waals surface area contributed by atoms with Crippen molar-refractivity contribution in [1.82, 2.24) is 47.8 Å². The second-order valence-corrected chi connectivity index (χ2v) is 42.5. The van der Waals surface area contributed by atoms with Crippen LogP contribution in [0.4, 0.5) is 0 Å². The maximum Gasteiger partial charge on any atom is 0.159 e. The molecule has 12 heteroatoms. The van der Waals surface area contributed by atoms with E-state index >= 15 is 0 Å². The lowest BCUT2D eigenvalue weighted by atomic mass is 9.82. The Bertz CT molecular complexity index is 9540. The molecule has 1 N–H and O–H groups in total. The molecule has 0 aliphatic heterocycles. The number of rotatable bonds is 8. The quantitative estimate of drug-likeness (QED) is 0.0925. The summed E-state index contributed by atoms with van der Waals surface area (Å²) in [5.74, 6) is 2.15. The van der Waals surface area contributed by atoms with Crippen LogP contribution in [0.25, 0.3) is 182 Å². The summed E-state index contributed by atoms with van der Waals surface area (Å²) < 4.78 is 12.4. The molecule has 24 aromatic rings. The molecule has 0 fully saturated rings. The van der Waals surface area contributed by atoms with Gasteiger partial charge in [0.1, 0.15) is 11.7 Å². The summed E-state index contributed by atoms with van der Waals surface area (Å²) in [7, 11) is 0. The number of allylic oxidation sites excluding steroid dienone is 3. The third kappa shape index (κ3) is 15.1. The van der Waals surface area contributed by atoms with E-state index in [4.69, 9.17) is 10.4 Å². The zero-order valence-electron chi connectivity index (χ0n) is 83.8. The third-order valence-electron chi connectivity index (χ3n) is 31.4. The largest absolute Gasteiger partial charge is 0.315 e. The number of fused-ring (bicyclic) bond motifs is 28. The van der Waals surface area contributed by atoms with E-state index in [-0.39, 0.29) is 27.1 Å². The number of hydrogen-bond acceptors (Lipinski definition) is 7. The first-order chi connectivity index (χ1) is 71.7. The van der Waals surface area contributed by atoms with Gasteiger partial charge < -0.3 is 22.8 Å². The van der Waals surface area contributed by atoms with Crippen LogP contribution in [-0.4, -0.2) is 53.6 Å². The first kappa shape index (κ1) is 90.7. The van der Waals surface area contributed by atoms with Gasteiger partial charge in [-0.1, -0.05) is 385 Å². The molecular weight excluding hydrogens is 1810 g/mol. The van der Waals surface area contributed by atoms with E-state index in [1.54, 1.807) is 17.5 Å². The van der Waals surface area contributed by atoms with Crippen molar-refractivity contribution in [3.63, 3.8) is 0 Å². The van der Waals surface area contributed by atoms with Crippen LogP contribution in [0.2, 0.25) is 0 Å². The normalized spacial score (nSPS) is 14.2. The Hall–Kier alpha value is -17.6. The molecular formula is C135H107N11S. The van der Waals surface area contributed by atoms with Gasteiger partial charge in [-0.3, -0.25) is 15.4 Å². The van der Waals surface area contributed by atoms with Gasteiger partial charge in [0, 0.05) is 163 Å². The molecule has 0 saturated carbocycles. The molecule has 29 rings (SSSR count). The van der Waals surface area contributed by atoms with Crippen LogP contribution in [0.5, 0.6) is 0 Å². The van der Waals surface area contributed by atoms with Crippen LogP contribution in [0.3, 0.4) is 0 Å². The van der Waals surface area contributed by atoms with Crippen LogP contribution in [-0.2, 0) is 27.1 Å². The van der Waals surface area contributed by atoms with Crippen molar-refractivity contribution in [2.45, 2.75) is 96.3 Å². The molecule has 10 aromatic heterocycles. The third-order valence-corrected chi connectivity index (χ3v) is 32.4. The van der Waals surface area contributed by atoms with E-state index in [0.717, 1.165) is 55.9 Å². The van der Waals surface area contributed by atoms with Gasteiger partial charge in [-0.15, -0.1) is 11.3 Å². The maximum atomic E-state index is 8.69. The number of nitrogens with one attached hydrogen (secondary N) is 1. The molecule has 0 radical (unpaired) electrons. The molecule has 0 bridgehead atoms. The van der Waals surface area contributed by atoms with Crippen molar-refractivity contribution < 1.29 is 0 Å². The highest BCUT2D eigenvalue weighted by atomic mass is 32.1. The van der Waals surface area contributed by atoms with Gasteiger partial charge in [0.2, 0.25) is 0 Å². The summed E-state index contributed by atoms with van der Waals surface area (Å²) in [6.45, 7) is 23.2. The monoisotopic (exact) mass is 1910 g/mol. The van der Waals surface area contributed by atoms with Gasteiger partial charge in [-0.2, -0.15) is 0 Å². The summed E-state index contributed by atoms with van der Waals surface area (Å²) in [4.78, 5) is 22.9. The topological polar surface area (TPSA) is 113 Å².